The molecule has 38 valence electrons. The van der Waals surface area contributed by atoms with Gasteiger partial charge in [-0.3, -0.25) is 5.21 Å². The third-order valence-electron chi connectivity index (χ3n) is 0.344. The average Bonchev–Trinajstić information content (AvgIpc) is 1.69. The van der Waals surface area contributed by atoms with Crippen LogP contribution < -0.4 is 5.53 Å². The SMILES string of the molecule is ON1N=NN=NN1. The molecule has 0 spiro atoms. The fourth-order valence-corrected chi connectivity index (χ4v) is 0.156. The number of nitrogens with one attached hydrogen (secondary N) is 1. The molecule has 0 fully saturated rings. The number of rotatable bonds is 0. The van der Waals surface area contributed by atoms with E-state index in [1.54, 1.807) is 0 Å². The molecule has 0 amide bonds. The molecule has 2 N–H and O–H groups in total. The normalized spacial score (nSPS) is 17.0. The Morgan fingerprint density at radius 1 is 1.43 bits per heavy atom. The number of hydrazine groups is 1. The zero-order chi connectivity index (χ0) is 5.11. The molecule has 7 nitrogen and oxygen atoms in total. The van der Waals surface area contributed by atoms with Gasteiger partial charge in [0.2, 0.25) is 0 Å². The predicted octanol–water partition coefficient (Wildman–Crippen LogP) is -0.155. The Morgan fingerprint density at radius 2 is 2.29 bits per heavy atom. The zero-order valence-corrected chi connectivity index (χ0v) is 3.18. The third-order valence-corrected chi connectivity index (χ3v) is 0.344. The fraction of sp³-hybridized carbons (Fsp3) is 0. The van der Waals surface area contributed by atoms with Crippen LogP contribution in [0.5, 0.6) is 0 Å². The second-order valence-electron chi connectivity index (χ2n) is 0.758. The van der Waals surface area contributed by atoms with E-state index in [2.05, 4.69) is 20.9 Å². The van der Waals surface area contributed by atoms with E-state index in [9.17, 15) is 0 Å². The lowest BCUT2D eigenvalue weighted by Gasteiger charge is -2.04. The molecular formula is H2N6O. The van der Waals surface area contributed by atoms with Crippen molar-refractivity contribution in [3.8, 4) is 0 Å². The van der Waals surface area contributed by atoms with Gasteiger partial charge in [-0.2, -0.15) is 5.53 Å². The minimum absolute atomic E-state index is 0.340. The van der Waals surface area contributed by atoms with Gasteiger partial charge in [0.1, 0.15) is 0 Å². The molecule has 1 rings (SSSR count). The highest BCUT2D eigenvalue weighted by molar-refractivity contribution is 4.15. The van der Waals surface area contributed by atoms with E-state index >= 15 is 0 Å². The molecule has 0 bridgehead atoms. The monoisotopic (exact) mass is 102 g/mol. The van der Waals surface area contributed by atoms with Crippen molar-refractivity contribution in [1.82, 2.24) is 10.8 Å². The first-order valence-corrected chi connectivity index (χ1v) is 1.45. The van der Waals surface area contributed by atoms with Gasteiger partial charge in [0.25, 0.3) is 0 Å². The maximum absolute atomic E-state index is 8.22. The molecular weight excluding hydrogens is 100 g/mol. The van der Waals surface area contributed by atoms with Gasteiger partial charge in [-0.05, 0) is 15.7 Å². The number of hydrogen-bond acceptors (Lipinski definition) is 7. The van der Waals surface area contributed by atoms with Crippen molar-refractivity contribution < 1.29 is 5.21 Å². The summed E-state index contributed by atoms with van der Waals surface area (Å²) >= 11 is 0. The Balaban J connectivity index is 2.49. The molecule has 0 aromatic carbocycles. The fourth-order valence-electron chi connectivity index (χ4n) is 0.156. The van der Waals surface area contributed by atoms with Crippen LogP contribution >= 0.6 is 0 Å². The summed E-state index contributed by atoms with van der Waals surface area (Å²) in [7, 11) is 0. The highest BCUT2D eigenvalue weighted by Crippen LogP contribution is 1.86. The van der Waals surface area contributed by atoms with Gasteiger partial charge in [-0.25, -0.2) is 0 Å². The van der Waals surface area contributed by atoms with Crippen molar-refractivity contribution in [2.75, 3.05) is 0 Å². The maximum Gasteiger partial charge on any atom is 0.000488 e. The molecule has 1 aliphatic rings. The highest BCUT2D eigenvalue weighted by Gasteiger charge is 1.91. The number of nitrogens with zero attached hydrogens (tertiary/aromatic N) is 5. The van der Waals surface area contributed by atoms with Gasteiger partial charge >= 0.3 is 0 Å². The van der Waals surface area contributed by atoms with E-state index in [4.69, 9.17) is 5.21 Å². The topological polar surface area (TPSA) is 84.9 Å². The first-order valence-electron chi connectivity index (χ1n) is 1.45. The minimum atomic E-state index is 0.340. The Kier molecular flexibility index (Phi) is 0.828. The summed E-state index contributed by atoms with van der Waals surface area (Å²) in [6.45, 7) is 0. The lowest BCUT2D eigenvalue weighted by atomic mass is 12.1. The van der Waals surface area contributed by atoms with E-state index < -0.39 is 0 Å². The molecule has 7 heavy (non-hydrogen) atoms. The van der Waals surface area contributed by atoms with Crippen LogP contribution in [0.1, 0.15) is 0 Å². The second-order valence-corrected chi connectivity index (χ2v) is 0.758. The quantitative estimate of drug-likeness (QED) is 0.445. The molecule has 0 atom stereocenters. The summed E-state index contributed by atoms with van der Waals surface area (Å²) in [6.07, 6.45) is 0. The molecule has 7 heteroatoms. The van der Waals surface area contributed by atoms with Crippen molar-refractivity contribution >= 4 is 0 Å². The Bertz CT molecular complexity index is 103. The third kappa shape index (κ3) is 0.793. The maximum atomic E-state index is 8.22. The molecule has 0 saturated carbocycles. The summed E-state index contributed by atoms with van der Waals surface area (Å²) in [5, 5.41) is 20.5. The summed E-state index contributed by atoms with van der Waals surface area (Å²) in [4.78, 5) is 0. The van der Waals surface area contributed by atoms with E-state index in [1.807, 2.05) is 5.53 Å². The van der Waals surface area contributed by atoms with E-state index in [-0.39, 0.29) is 0 Å². The first-order chi connectivity index (χ1) is 3.39. The molecule has 0 aromatic rings. The zero-order valence-electron chi connectivity index (χ0n) is 3.18. The highest BCUT2D eigenvalue weighted by atomic mass is 16.6. The standard InChI is InChI=1S/H2N6O/c7-6-4-2-1-3-5-6/h7H,(H,1,4,5). The predicted molar refractivity (Wildman–Crippen MR) is 16.5 cm³/mol. The van der Waals surface area contributed by atoms with Crippen LogP contribution in [0.25, 0.3) is 0 Å². The van der Waals surface area contributed by atoms with Gasteiger partial charge in [-0.15, -0.1) is 0 Å². The number of hydrogen-bond donors (Lipinski definition) is 2. The van der Waals surface area contributed by atoms with Crippen LogP contribution in [0.2, 0.25) is 0 Å². The van der Waals surface area contributed by atoms with Crippen LogP contribution in [-0.4, -0.2) is 10.5 Å². The van der Waals surface area contributed by atoms with Crippen molar-refractivity contribution in [3.05, 3.63) is 0 Å². The molecule has 0 saturated heterocycles. The van der Waals surface area contributed by atoms with Gasteiger partial charge in [0.05, 0.1) is 0 Å². The molecule has 0 aromatic heterocycles. The van der Waals surface area contributed by atoms with Crippen LogP contribution in [0.15, 0.2) is 20.9 Å². The first kappa shape index (κ1) is 3.93. The van der Waals surface area contributed by atoms with Gasteiger partial charge in [0, 0.05) is 10.4 Å². The van der Waals surface area contributed by atoms with E-state index in [0.29, 0.717) is 5.28 Å². The molecule has 1 aliphatic heterocycles. The molecule has 0 unspecified atom stereocenters. The average molecular weight is 102 g/mol. The van der Waals surface area contributed by atoms with Crippen molar-refractivity contribution in [3.63, 3.8) is 0 Å². The summed E-state index contributed by atoms with van der Waals surface area (Å²) in [5.74, 6) is 0. The minimum Gasteiger partial charge on any atom is -0.250 e. The Morgan fingerprint density at radius 3 is 2.57 bits per heavy atom. The molecule has 0 radical (unpaired) electrons. The second kappa shape index (κ2) is 1.47. The largest absolute Gasteiger partial charge is 0.250 e. The molecule has 0 aliphatic carbocycles. The van der Waals surface area contributed by atoms with Crippen LogP contribution in [0, 0.1) is 0 Å². The smallest absolute Gasteiger partial charge is 0.000488 e. The lowest BCUT2D eigenvalue weighted by molar-refractivity contribution is -0.152. The lowest BCUT2D eigenvalue weighted by Crippen LogP contribution is -2.25. The Hall–Kier alpha value is -1.24. The Labute approximate surface area is 38.2 Å². The summed E-state index contributed by atoms with van der Waals surface area (Å²) < 4.78 is 0. The van der Waals surface area contributed by atoms with Crippen LogP contribution in [0.4, 0.5) is 0 Å². The van der Waals surface area contributed by atoms with Crippen LogP contribution in [-0.2, 0) is 0 Å². The van der Waals surface area contributed by atoms with E-state index in [0.717, 1.165) is 0 Å². The molecule has 1 heterocycles. The van der Waals surface area contributed by atoms with Gasteiger partial charge in [-0.1, -0.05) is 0 Å². The van der Waals surface area contributed by atoms with E-state index in [1.165, 1.54) is 0 Å². The van der Waals surface area contributed by atoms with Crippen molar-refractivity contribution in [2.24, 2.45) is 20.9 Å². The van der Waals surface area contributed by atoms with Gasteiger partial charge < -0.3 is 0 Å². The van der Waals surface area contributed by atoms with Gasteiger partial charge in [0.15, 0.2) is 0 Å². The van der Waals surface area contributed by atoms with Crippen molar-refractivity contribution in [1.29, 1.82) is 0 Å². The van der Waals surface area contributed by atoms with Crippen LogP contribution in [0.3, 0.4) is 0 Å². The summed E-state index contributed by atoms with van der Waals surface area (Å²) in [5.41, 5.74) is 1.97. The van der Waals surface area contributed by atoms with Crippen molar-refractivity contribution in [2.45, 2.75) is 0 Å². The summed E-state index contributed by atoms with van der Waals surface area (Å²) in [6, 6.07) is 0.